The molecule has 0 aromatic rings. The van der Waals surface area contributed by atoms with Crippen LogP contribution in [0, 0.1) is 5.92 Å². The highest BCUT2D eigenvalue weighted by molar-refractivity contribution is 5.74. The lowest BCUT2D eigenvalue weighted by molar-refractivity contribution is 0.197. The van der Waals surface area contributed by atoms with Crippen LogP contribution >= 0.6 is 0 Å². The zero-order valence-corrected chi connectivity index (χ0v) is 11.9. The van der Waals surface area contributed by atoms with Crippen molar-refractivity contribution in [3.63, 3.8) is 0 Å². The van der Waals surface area contributed by atoms with Crippen LogP contribution in [0.1, 0.15) is 46.0 Å². The molecule has 18 heavy (non-hydrogen) atoms. The Kier molecular flexibility index (Phi) is 4.49. The van der Waals surface area contributed by atoms with Crippen molar-refractivity contribution in [1.29, 1.82) is 0 Å². The molecular formula is C14H27N3O. The first-order valence-corrected chi connectivity index (χ1v) is 7.32. The smallest absolute Gasteiger partial charge is 0.317 e. The second-order valence-electron chi connectivity index (χ2n) is 6.29. The standard InChI is InChI=1S/C14H27N3O/c1-10(2)15-14(18)17(3)7-6-11-8-12-4-5-13(9-11)16-12/h10-13,16H,4-9H2,1-3H3,(H,15,18). The van der Waals surface area contributed by atoms with E-state index in [1.54, 1.807) is 0 Å². The van der Waals surface area contributed by atoms with Crippen LogP contribution in [0.5, 0.6) is 0 Å². The van der Waals surface area contributed by atoms with Gasteiger partial charge in [-0.3, -0.25) is 0 Å². The number of amides is 2. The molecule has 4 nitrogen and oxygen atoms in total. The minimum absolute atomic E-state index is 0.0573. The Morgan fingerprint density at radius 1 is 1.33 bits per heavy atom. The molecule has 2 unspecified atom stereocenters. The molecule has 2 N–H and O–H groups in total. The van der Waals surface area contributed by atoms with Gasteiger partial charge in [-0.25, -0.2) is 4.79 Å². The molecule has 2 aliphatic heterocycles. The monoisotopic (exact) mass is 253 g/mol. The number of urea groups is 1. The van der Waals surface area contributed by atoms with Gasteiger partial charge in [0.15, 0.2) is 0 Å². The maximum absolute atomic E-state index is 11.8. The summed E-state index contributed by atoms with van der Waals surface area (Å²) in [5, 5.41) is 6.60. The van der Waals surface area contributed by atoms with E-state index in [1.165, 1.54) is 25.7 Å². The van der Waals surface area contributed by atoms with Crippen molar-refractivity contribution in [2.45, 2.75) is 64.1 Å². The van der Waals surface area contributed by atoms with E-state index in [2.05, 4.69) is 10.6 Å². The molecule has 2 rings (SSSR count). The number of piperidine rings is 1. The quantitative estimate of drug-likeness (QED) is 0.804. The second kappa shape index (κ2) is 5.91. The van der Waals surface area contributed by atoms with Gasteiger partial charge < -0.3 is 15.5 Å². The number of rotatable bonds is 4. The largest absolute Gasteiger partial charge is 0.336 e. The van der Waals surface area contributed by atoms with Crippen molar-refractivity contribution in [1.82, 2.24) is 15.5 Å². The first-order chi connectivity index (χ1) is 8.54. The molecule has 0 saturated carbocycles. The van der Waals surface area contributed by atoms with Gasteiger partial charge in [-0.1, -0.05) is 0 Å². The molecule has 2 atom stereocenters. The highest BCUT2D eigenvalue weighted by atomic mass is 16.2. The summed E-state index contributed by atoms with van der Waals surface area (Å²) in [5.74, 6) is 0.804. The minimum atomic E-state index is 0.0573. The van der Waals surface area contributed by atoms with Crippen LogP contribution in [0.4, 0.5) is 4.79 Å². The summed E-state index contributed by atoms with van der Waals surface area (Å²) < 4.78 is 0. The molecule has 4 heteroatoms. The van der Waals surface area contributed by atoms with E-state index < -0.39 is 0 Å². The van der Waals surface area contributed by atoms with E-state index in [0.29, 0.717) is 0 Å². The summed E-state index contributed by atoms with van der Waals surface area (Å²) in [5.41, 5.74) is 0. The second-order valence-corrected chi connectivity index (χ2v) is 6.29. The van der Waals surface area contributed by atoms with Crippen LogP contribution < -0.4 is 10.6 Å². The molecular weight excluding hydrogens is 226 g/mol. The molecule has 2 heterocycles. The molecule has 0 aromatic carbocycles. The first-order valence-electron chi connectivity index (χ1n) is 7.32. The summed E-state index contributed by atoms with van der Waals surface area (Å²) in [7, 11) is 1.90. The van der Waals surface area contributed by atoms with Gasteiger partial charge in [0.2, 0.25) is 0 Å². The zero-order valence-electron chi connectivity index (χ0n) is 11.9. The lowest BCUT2D eigenvalue weighted by Gasteiger charge is -2.30. The van der Waals surface area contributed by atoms with Gasteiger partial charge in [0.25, 0.3) is 0 Å². The summed E-state index contributed by atoms with van der Waals surface area (Å²) in [6.07, 6.45) is 6.46. The maximum Gasteiger partial charge on any atom is 0.317 e. The lowest BCUT2D eigenvalue weighted by Crippen LogP contribution is -2.43. The van der Waals surface area contributed by atoms with E-state index in [9.17, 15) is 4.79 Å². The topological polar surface area (TPSA) is 44.4 Å². The van der Waals surface area contributed by atoms with E-state index in [1.807, 2.05) is 25.8 Å². The van der Waals surface area contributed by atoms with Crippen molar-refractivity contribution >= 4 is 6.03 Å². The molecule has 0 spiro atoms. The highest BCUT2D eigenvalue weighted by Gasteiger charge is 2.33. The van der Waals surface area contributed by atoms with Crippen molar-refractivity contribution in [2.24, 2.45) is 5.92 Å². The van der Waals surface area contributed by atoms with E-state index in [-0.39, 0.29) is 12.1 Å². The number of carbonyl (C=O) groups excluding carboxylic acids is 1. The fourth-order valence-electron chi connectivity index (χ4n) is 3.25. The normalized spacial score (nSPS) is 30.6. The van der Waals surface area contributed by atoms with Gasteiger partial charge in [0.05, 0.1) is 0 Å². The Labute approximate surface area is 110 Å². The Bertz CT molecular complexity index is 281. The number of carbonyl (C=O) groups is 1. The van der Waals surface area contributed by atoms with Crippen LogP contribution in [-0.4, -0.2) is 42.6 Å². The Hall–Kier alpha value is -0.770. The van der Waals surface area contributed by atoms with Gasteiger partial charge in [0.1, 0.15) is 0 Å². The molecule has 2 bridgehead atoms. The SMILES string of the molecule is CC(C)NC(=O)N(C)CCC1CC2CCC(C1)N2. The molecule has 104 valence electrons. The fourth-order valence-corrected chi connectivity index (χ4v) is 3.25. The molecule has 2 fully saturated rings. The van der Waals surface area contributed by atoms with Gasteiger partial charge in [-0.2, -0.15) is 0 Å². The lowest BCUT2D eigenvalue weighted by atomic mass is 9.89. The third-order valence-electron chi connectivity index (χ3n) is 4.20. The summed E-state index contributed by atoms with van der Waals surface area (Å²) in [6, 6.07) is 1.78. The molecule has 2 amide bonds. The number of nitrogens with zero attached hydrogens (tertiary/aromatic N) is 1. The molecule has 0 aliphatic carbocycles. The summed E-state index contributed by atoms with van der Waals surface area (Å²) in [6.45, 7) is 4.87. The average molecular weight is 253 g/mol. The van der Waals surface area contributed by atoms with Crippen molar-refractivity contribution in [2.75, 3.05) is 13.6 Å². The summed E-state index contributed by atoms with van der Waals surface area (Å²) >= 11 is 0. The van der Waals surface area contributed by atoms with E-state index in [4.69, 9.17) is 0 Å². The molecule has 0 aromatic heterocycles. The highest BCUT2D eigenvalue weighted by Crippen LogP contribution is 2.32. The minimum Gasteiger partial charge on any atom is -0.336 e. The Morgan fingerprint density at radius 3 is 2.50 bits per heavy atom. The number of hydrogen-bond acceptors (Lipinski definition) is 2. The van der Waals surface area contributed by atoms with Crippen LogP contribution in [-0.2, 0) is 0 Å². The predicted molar refractivity (Wildman–Crippen MR) is 73.6 cm³/mol. The molecule has 0 radical (unpaired) electrons. The van der Waals surface area contributed by atoms with Crippen molar-refractivity contribution in [3.05, 3.63) is 0 Å². The summed E-state index contributed by atoms with van der Waals surface area (Å²) in [4.78, 5) is 13.6. The van der Waals surface area contributed by atoms with Crippen LogP contribution in [0.25, 0.3) is 0 Å². The van der Waals surface area contributed by atoms with E-state index in [0.717, 1.165) is 31.0 Å². The van der Waals surface area contributed by atoms with Gasteiger partial charge >= 0.3 is 6.03 Å². The Morgan fingerprint density at radius 2 is 1.94 bits per heavy atom. The maximum atomic E-state index is 11.8. The fraction of sp³-hybridized carbons (Fsp3) is 0.929. The number of nitrogens with one attached hydrogen (secondary N) is 2. The first kappa shape index (κ1) is 13.7. The van der Waals surface area contributed by atoms with Gasteiger partial charge in [-0.15, -0.1) is 0 Å². The van der Waals surface area contributed by atoms with Crippen LogP contribution in [0.2, 0.25) is 0 Å². The van der Waals surface area contributed by atoms with Crippen LogP contribution in [0.3, 0.4) is 0 Å². The van der Waals surface area contributed by atoms with Gasteiger partial charge in [0, 0.05) is 31.7 Å². The third kappa shape index (κ3) is 3.61. The average Bonchev–Trinajstić information content (AvgIpc) is 2.64. The van der Waals surface area contributed by atoms with Gasteiger partial charge in [-0.05, 0) is 51.9 Å². The molecule has 2 saturated heterocycles. The molecule has 2 aliphatic rings. The van der Waals surface area contributed by atoms with Crippen molar-refractivity contribution in [3.8, 4) is 0 Å². The number of hydrogen-bond donors (Lipinski definition) is 2. The van der Waals surface area contributed by atoms with Crippen molar-refractivity contribution < 1.29 is 4.79 Å². The Balaban J connectivity index is 1.69. The zero-order chi connectivity index (χ0) is 13.1. The predicted octanol–water partition coefficient (Wildman–Crippen LogP) is 1.96. The van der Waals surface area contributed by atoms with E-state index >= 15 is 0 Å². The third-order valence-corrected chi connectivity index (χ3v) is 4.20. The number of fused-ring (bicyclic) bond motifs is 2. The van der Waals surface area contributed by atoms with Crippen LogP contribution in [0.15, 0.2) is 0 Å².